The van der Waals surface area contributed by atoms with E-state index >= 15 is 0 Å². The van der Waals surface area contributed by atoms with E-state index in [2.05, 4.69) is 21.8 Å². The number of rotatable bonds is 8. The molecule has 2 heterocycles. The Morgan fingerprint density at radius 2 is 1.78 bits per heavy atom. The van der Waals surface area contributed by atoms with Gasteiger partial charge in [0.25, 0.3) is 0 Å². The van der Waals surface area contributed by atoms with Crippen LogP contribution in [0.25, 0.3) is 0 Å². The molecule has 1 fully saturated rings. The van der Waals surface area contributed by atoms with E-state index in [9.17, 15) is 4.79 Å². The van der Waals surface area contributed by atoms with E-state index in [1.807, 2.05) is 17.0 Å². The number of piperazine rings is 1. The predicted octanol–water partition coefficient (Wildman–Crippen LogP) is 3.04. The van der Waals surface area contributed by atoms with E-state index in [1.54, 1.807) is 18.5 Å². The van der Waals surface area contributed by atoms with Crippen LogP contribution < -0.4 is 4.90 Å². The highest BCUT2D eigenvalue weighted by atomic mass is 16.2. The maximum atomic E-state index is 12.2. The van der Waals surface area contributed by atoms with Crippen LogP contribution in [0.3, 0.4) is 0 Å². The Hall–Kier alpha value is -1.91. The van der Waals surface area contributed by atoms with Crippen LogP contribution in [0.1, 0.15) is 45.4 Å². The summed E-state index contributed by atoms with van der Waals surface area (Å²) in [5.74, 6) is 0.884. The molecule has 23 heavy (non-hydrogen) atoms. The molecule has 1 saturated heterocycles. The van der Waals surface area contributed by atoms with E-state index in [0.717, 1.165) is 38.5 Å². The van der Waals surface area contributed by atoms with E-state index in [-0.39, 0.29) is 5.91 Å². The van der Waals surface area contributed by atoms with Crippen LogP contribution in [-0.2, 0) is 4.79 Å². The third-order valence-electron chi connectivity index (χ3n) is 4.16. The molecule has 0 saturated carbocycles. The first-order valence-electron chi connectivity index (χ1n) is 8.78. The van der Waals surface area contributed by atoms with Crippen molar-refractivity contribution >= 4 is 11.9 Å². The molecule has 0 radical (unpaired) electrons. The number of amides is 1. The number of hydrogen-bond donors (Lipinski definition) is 0. The summed E-state index contributed by atoms with van der Waals surface area (Å²) < 4.78 is 0. The minimum Gasteiger partial charge on any atom is -0.337 e. The molecule has 0 N–H and O–H groups in total. The predicted molar refractivity (Wildman–Crippen MR) is 93.3 cm³/mol. The smallest absolute Gasteiger partial charge is 0.246 e. The van der Waals surface area contributed by atoms with Crippen molar-refractivity contribution < 1.29 is 4.79 Å². The zero-order valence-electron chi connectivity index (χ0n) is 14.2. The van der Waals surface area contributed by atoms with Gasteiger partial charge in [0, 0.05) is 38.6 Å². The molecule has 1 amide bonds. The van der Waals surface area contributed by atoms with Gasteiger partial charge in [0.05, 0.1) is 0 Å². The highest BCUT2D eigenvalue weighted by molar-refractivity contribution is 5.87. The van der Waals surface area contributed by atoms with Crippen molar-refractivity contribution in [1.82, 2.24) is 14.9 Å². The van der Waals surface area contributed by atoms with Gasteiger partial charge in [-0.25, -0.2) is 9.97 Å². The summed E-state index contributed by atoms with van der Waals surface area (Å²) in [6, 6.07) is 1.82. The van der Waals surface area contributed by atoms with E-state index < -0.39 is 0 Å². The van der Waals surface area contributed by atoms with Gasteiger partial charge in [0.2, 0.25) is 11.9 Å². The molecule has 0 aromatic carbocycles. The Morgan fingerprint density at radius 1 is 1.09 bits per heavy atom. The maximum Gasteiger partial charge on any atom is 0.246 e. The summed E-state index contributed by atoms with van der Waals surface area (Å²) in [4.78, 5) is 24.7. The van der Waals surface area contributed by atoms with Crippen LogP contribution in [0, 0.1) is 0 Å². The molecule has 5 nitrogen and oxygen atoms in total. The van der Waals surface area contributed by atoms with E-state index in [1.165, 1.54) is 32.1 Å². The fourth-order valence-corrected chi connectivity index (χ4v) is 2.74. The normalized spacial score (nSPS) is 15.3. The molecule has 1 aliphatic heterocycles. The number of carbonyl (C=O) groups is 1. The van der Waals surface area contributed by atoms with E-state index in [4.69, 9.17) is 0 Å². The summed E-state index contributed by atoms with van der Waals surface area (Å²) in [6.45, 7) is 5.28. The molecular weight excluding hydrogens is 288 g/mol. The highest BCUT2D eigenvalue weighted by Crippen LogP contribution is 2.10. The van der Waals surface area contributed by atoms with Crippen molar-refractivity contribution in [3.05, 3.63) is 30.6 Å². The molecule has 126 valence electrons. The second kappa shape index (κ2) is 9.98. The van der Waals surface area contributed by atoms with Gasteiger partial charge in [-0.15, -0.1) is 0 Å². The average Bonchev–Trinajstić information content (AvgIpc) is 2.61. The van der Waals surface area contributed by atoms with Crippen LogP contribution >= 0.6 is 0 Å². The fraction of sp³-hybridized carbons (Fsp3) is 0.611. The maximum absolute atomic E-state index is 12.2. The number of carbonyl (C=O) groups excluding carboxylic acids is 1. The summed E-state index contributed by atoms with van der Waals surface area (Å²) in [5.41, 5.74) is 0. The Morgan fingerprint density at radius 3 is 2.48 bits per heavy atom. The largest absolute Gasteiger partial charge is 0.337 e. The first-order valence-corrected chi connectivity index (χ1v) is 8.78. The minimum absolute atomic E-state index is 0.132. The van der Waals surface area contributed by atoms with Gasteiger partial charge in [0.15, 0.2) is 0 Å². The van der Waals surface area contributed by atoms with Crippen molar-refractivity contribution in [3.63, 3.8) is 0 Å². The molecule has 0 atom stereocenters. The summed E-state index contributed by atoms with van der Waals surface area (Å²) in [7, 11) is 0. The lowest BCUT2D eigenvalue weighted by Crippen LogP contribution is -2.48. The Labute approximate surface area is 139 Å². The molecule has 5 heteroatoms. The van der Waals surface area contributed by atoms with Crippen molar-refractivity contribution in [2.45, 2.75) is 45.4 Å². The topological polar surface area (TPSA) is 49.3 Å². The third-order valence-corrected chi connectivity index (χ3v) is 4.16. The zero-order valence-corrected chi connectivity index (χ0v) is 14.2. The SMILES string of the molecule is CCCCCCCC=CC(=O)N1CCN(c2ncccn2)CC1. The van der Waals surface area contributed by atoms with Crippen LogP contribution in [0.2, 0.25) is 0 Å². The lowest BCUT2D eigenvalue weighted by Gasteiger charge is -2.34. The van der Waals surface area contributed by atoms with Crippen LogP contribution in [0.4, 0.5) is 5.95 Å². The zero-order chi connectivity index (χ0) is 16.3. The van der Waals surface area contributed by atoms with Gasteiger partial charge in [-0.2, -0.15) is 0 Å². The molecule has 0 bridgehead atoms. The molecule has 1 aliphatic rings. The van der Waals surface area contributed by atoms with Gasteiger partial charge in [-0.3, -0.25) is 4.79 Å². The van der Waals surface area contributed by atoms with Crippen molar-refractivity contribution in [3.8, 4) is 0 Å². The average molecular weight is 316 g/mol. The number of hydrogen-bond acceptors (Lipinski definition) is 4. The standard InChI is InChI=1S/C18H28N4O/c1-2-3-4-5-6-7-8-10-17(23)21-13-15-22(16-14-21)18-19-11-9-12-20-18/h8-12H,2-7,13-16H2,1H3. The number of nitrogens with zero attached hydrogens (tertiary/aromatic N) is 4. The molecule has 0 spiro atoms. The Bertz CT molecular complexity index is 481. The van der Waals surface area contributed by atoms with Gasteiger partial charge >= 0.3 is 0 Å². The Balaban J connectivity index is 1.65. The van der Waals surface area contributed by atoms with Gasteiger partial charge in [0.1, 0.15) is 0 Å². The number of unbranched alkanes of at least 4 members (excludes halogenated alkanes) is 5. The second-order valence-electron chi connectivity index (χ2n) is 5.97. The lowest BCUT2D eigenvalue weighted by molar-refractivity contribution is -0.126. The molecule has 2 rings (SSSR count). The highest BCUT2D eigenvalue weighted by Gasteiger charge is 2.20. The van der Waals surface area contributed by atoms with Crippen LogP contribution in [0.15, 0.2) is 30.6 Å². The van der Waals surface area contributed by atoms with Crippen LogP contribution in [-0.4, -0.2) is 47.0 Å². The van der Waals surface area contributed by atoms with Gasteiger partial charge in [-0.1, -0.05) is 38.7 Å². The Kier molecular flexibility index (Phi) is 7.57. The van der Waals surface area contributed by atoms with Crippen molar-refractivity contribution in [2.24, 2.45) is 0 Å². The number of anilines is 1. The summed E-state index contributed by atoms with van der Waals surface area (Å²) >= 11 is 0. The van der Waals surface area contributed by atoms with Crippen molar-refractivity contribution in [1.29, 1.82) is 0 Å². The van der Waals surface area contributed by atoms with Crippen LogP contribution in [0.5, 0.6) is 0 Å². The molecule has 0 aliphatic carbocycles. The van der Waals surface area contributed by atoms with Crippen molar-refractivity contribution in [2.75, 3.05) is 31.1 Å². The van der Waals surface area contributed by atoms with Gasteiger partial charge in [-0.05, 0) is 25.0 Å². The molecular formula is C18H28N4O. The minimum atomic E-state index is 0.132. The monoisotopic (exact) mass is 316 g/mol. The van der Waals surface area contributed by atoms with Gasteiger partial charge < -0.3 is 9.80 Å². The first kappa shape index (κ1) is 17.4. The third kappa shape index (κ3) is 6.00. The molecule has 1 aromatic rings. The van der Waals surface area contributed by atoms with E-state index in [0.29, 0.717) is 0 Å². The lowest BCUT2D eigenvalue weighted by atomic mass is 10.1. The summed E-state index contributed by atoms with van der Waals surface area (Å²) in [5, 5.41) is 0. The second-order valence-corrected chi connectivity index (χ2v) is 5.97. The summed E-state index contributed by atoms with van der Waals surface area (Å²) in [6.07, 6.45) is 14.6. The fourth-order valence-electron chi connectivity index (χ4n) is 2.74. The quantitative estimate of drug-likeness (QED) is 0.546. The number of aromatic nitrogens is 2. The first-order chi connectivity index (χ1) is 11.3. The number of allylic oxidation sites excluding steroid dienone is 1. The molecule has 0 unspecified atom stereocenters. The molecule has 1 aromatic heterocycles.